The molecule has 0 saturated heterocycles. The summed E-state index contributed by atoms with van der Waals surface area (Å²) < 4.78 is 40.8. The standard InChI is InChI=1S/C25H29N3O2.C7H8O3S/c1-30-17-16-27-14-15-28(19-27)23-13-12-22(18-23)25(24(26)29,20-8-4-2-5-9-20)21-10-6-3-7-11-21;1-6-2-4-7(5-3-6)11(8,9)10/h2-11,14-15,19,22-23H,12-13,16-18H2,1H3,(H-,26,29);2-5H,1H3,(H,8,9,10)/t22-,23-;/m1./s1. The van der Waals surface area contributed by atoms with Crippen LogP contribution in [-0.2, 0) is 31.6 Å². The van der Waals surface area contributed by atoms with Crippen molar-refractivity contribution < 1.29 is 27.1 Å². The number of hydrogen-bond donors (Lipinski definition) is 1. The Hall–Kier alpha value is -3.79. The number of amides is 1. The third-order valence-electron chi connectivity index (χ3n) is 7.86. The normalized spacial score (nSPS) is 17.0. The van der Waals surface area contributed by atoms with E-state index in [1.807, 2.05) is 67.6 Å². The van der Waals surface area contributed by atoms with E-state index in [1.165, 1.54) is 12.1 Å². The van der Waals surface area contributed by atoms with E-state index in [-0.39, 0.29) is 16.7 Å². The van der Waals surface area contributed by atoms with E-state index in [0.29, 0.717) is 12.6 Å². The van der Waals surface area contributed by atoms with Gasteiger partial charge in [-0.15, -0.1) is 0 Å². The van der Waals surface area contributed by atoms with Crippen molar-refractivity contribution in [3.63, 3.8) is 0 Å². The van der Waals surface area contributed by atoms with Gasteiger partial charge in [0.05, 0.1) is 11.5 Å². The van der Waals surface area contributed by atoms with Crippen molar-refractivity contribution in [2.24, 2.45) is 11.7 Å². The lowest BCUT2D eigenvalue weighted by atomic mass is 9.64. The van der Waals surface area contributed by atoms with Crippen LogP contribution in [0.5, 0.6) is 0 Å². The Morgan fingerprint density at radius 1 is 1.00 bits per heavy atom. The lowest BCUT2D eigenvalue weighted by Gasteiger charge is -2.37. The molecule has 0 spiro atoms. The van der Waals surface area contributed by atoms with Gasteiger partial charge in [0.15, 0.2) is 0 Å². The number of benzene rings is 3. The first-order chi connectivity index (χ1) is 19.7. The van der Waals surface area contributed by atoms with Gasteiger partial charge in [0.2, 0.25) is 12.2 Å². The quantitative estimate of drug-likeness (QED) is 0.238. The topological polar surface area (TPSA) is 118 Å². The molecule has 1 amide bonds. The molecule has 1 fully saturated rings. The van der Waals surface area contributed by atoms with Crippen LogP contribution in [0.25, 0.3) is 0 Å². The molecule has 2 N–H and O–H groups in total. The van der Waals surface area contributed by atoms with Crippen molar-refractivity contribution in [1.29, 1.82) is 0 Å². The number of primary amides is 1. The van der Waals surface area contributed by atoms with Crippen molar-refractivity contribution in [3.05, 3.63) is 120 Å². The molecule has 216 valence electrons. The molecule has 0 aliphatic heterocycles. The average molecular weight is 576 g/mol. The Balaban J connectivity index is 0.000000296. The monoisotopic (exact) mass is 575 g/mol. The first-order valence-corrected chi connectivity index (χ1v) is 15.1. The van der Waals surface area contributed by atoms with Crippen LogP contribution >= 0.6 is 0 Å². The summed E-state index contributed by atoms with van der Waals surface area (Å²) >= 11 is 0. The van der Waals surface area contributed by atoms with Crippen molar-refractivity contribution in [3.8, 4) is 0 Å². The molecule has 2 atom stereocenters. The number of ether oxygens (including phenoxy) is 1. The molecule has 1 aliphatic rings. The molecule has 1 saturated carbocycles. The number of aryl methyl sites for hydroxylation is 1. The Kier molecular flexibility index (Phi) is 9.75. The fourth-order valence-corrected chi connectivity index (χ4v) is 6.28. The Labute approximate surface area is 242 Å². The molecular formula is C32H37N3O5S. The van der Waals surface area contributed by atoms with E-state index in [0.717, 1.165) is 42.5 Å². The van der Waals surface area contributed by atoms with Gasteiger partial charge >= 0.3 is 0 Å². The number of carbonyl (C=O) groups excluding carboxylic acids is 1. The SMILES string of the molecule is COCCn1cc[n+]([C@@H]2CC[C@@H](C(C(N)=O)(c3ccccc3)c3ccccc3)C2)c1.Cc1ccc(S(=O)(=O)[O-])cc1. The van der Waals surface area contributed by atoms with Gasteiger partial charge in [0.25, 0.3) is 0 Å². The lowest BCUT2D eigenvalue weighted by Crippen LogP contribution is -2.48. The predicted molar refractivity (Wildman–Crippen MR) is 155 cm³/mol. The summed E-state index contributed by atoms with van der Waals surface area (Å²) in [4.78, 5) is 13.0. The van der Waals surface area contributed by atoms with Crippen LogP contribution in [0.2, 0.25) is 0 Å². The third-order valence-corrected chi connectivity index (χ3v) is 8.71. The van der Waals surface area contributed by atoms with Crippen molar-refractivity contribution in [2.75, 3.05) is 13.7 Å². The summed E-state index contributed by atoms with van der Waals surface area (Å²) in [6.07, 6.45) is 9.24. The number of hydrogen-bond acceptors (Lipinski definition) is 5. The van der Waals surface area contributed by atoms with E-state index in [4.69, 9.17) is 10.5 Å². The summed E-state index contributed by atoms with van der Waals surface area (Å²) in [5, 5.41) is 0. The number of nitrogens with zero attached hydrogens (tertiary/aromatic N) is 2. The minimum absolute atomic E-state index is 0.139. The molecular weight excluding hydrogens is 538 g/mol. The number of rotatable bonds is 9. The van der Waals surface area contributed by atoms with Gasteiger partial charge in [-0.3, -0.25) is 4.79 Å². The summed E-state index contributed by atoms with van der Waals surface area (Å²) in [5.74, 6) is -0.132. The number of imidazole rings is 1. The molecule has 41 heavy (non-hydrogen) atoms. The summed E-state index contributed by atoms with van der Waals surface area (Å²) in [5.41, 5.74) is 8.27. The van der Waals surface area contributed by atoms with Crippen molar-refractivity contribution in [1.82, 2.24) is 4.57 Å². The highest BCUT2D eigenvalue weighted by Gasteiger charge is 2.50. The zero-order chi connectivity index (χ0) is 29.5. The van der Waals surface area contributed by atoms with E-state index < -0.39 is 15.5 Å². The maximum absolute atomic E-state index is 13.2. The van der Waals surface area contributed by atoms with Gasteiger partial charge in [-0.05, 0) is 55.4 Å². The Bertz CT molecular complexity index is 1480. The molecule has 1 heterocycles. The highest BCUT2D eigenvalue weighted by Crippen LogP contribution is 2.48. The molecule has 0 unspecified atom stereocenters. The Morgan fingerprint density at radius 2 is 1.59 bits per heavy atom. The highest BCUT2D eigenvalue weighted by molar-refractivity contribution is 7.85. The Morgan fingerprint density at radius 3 is 2.10 bits per heavy atom. The van der Waals surface area contributed by atoms with Gasteiger partial charge in [-0.25, -0.2) is 17.6 Å². The van der Waals surface area contributed by atoms with Gasteiger partial charge in [-0.1, -0.05) is 78.4 Å². The van der Waals surface area contributed by atoms with Crippen LogP contribution in [0, 0.1) is 12.8 Å². The minimum atomic E-state index is -4.27. The number of carbonyl (C=O) groups is 1. The molecule has 3 aromatic carbocycles. The molecule has 4 aromatic rings. The average Bonchev–Trinajstić information content (AvgIpc) is 3.64. The second kappa shape index (κ2) is 13.2. The second-order valence-corrected chi connectivity index (χ2v) is 11.8. The molecule has 9 heteroatoms. The van der Waals surface area contributed by atoms with E-state index in [1.54, 1.807) is 19.2 Å². The van der Waals surface area contributed by atoms with Crippen LogP contribution in [0.4, 0.5) is 0 Å². The van der Waals surface area contributed by atoms with E-state index >= 15 is 0 Å². The fourth-order valence-electron chi connectivity index (χ4n) is 5.81. The maximum Gasteiger partial charge on any atom is 0.244 e. The number of aromatic nitrogens is 2. The molecule has 8 nitrogen and oxygen atoms in total. The van der Waals surface area contributed by atoms with Crippen LogP contribution in [0.15, 0.2) is 109 Å². The third kappa shape index (κ3) is 6.93. The van der Waals surface area contributed by atoms with Gasteiger partial charge in [0, 0.05) is 7.11 Å². The predicted octanol–water partition coefficient (Wildman–Crippen LogP) is 4.13. The molecule has 1 aliphatic carbocycles. The second-order valence-electron chi connectivity index (χ2n) is 10.4. The minimum Gasteiger partial charge on any atom is -0.744 e. The molecule has 0 bridgehead atoms. The van der Waals surface area contributed by atoms with E-state index in [9.17, 15) is 17.8 Å². The summed E-state index contributed by atoms with van der Waals surface area (Å²) in [7, 11) is -2.55. The van der Waals surface area contributed by atoms with E-state index in [2.05, 4.69) is 27.9 Å². The van der Waals surface area contributed by atoms with Gasteiger partial charge < -0.3 is 15.0 Å². The number of nitrogens with two attached hydrogens (primary N) is 1. The summed E-state index contributed by atoms with van der Waals surface area (Å²) in [6.45, 7) is 3.34. The first kappa shape index (κ1) is 30.2. The smallest absolute Gasteiger partial charge is 0.244 e. The summed E-state index contributed by atoms with van der Waals surface area (Å²) in [6, 6.07) is 26.2. The molecule has 5 rings (SSSR count). The maximum atomic E-state index is 13.2. The van der Waals surface area contributed by atoms with Gasteiger partial charge in [0.1, 0.15) is 40.5 Å². The zero-order valence-electron chi connectivity index (χ0n) is 23.4. The molecule has 1 aromatic heterocycles. The number of methoxy groups -OCH3 is 1. The van der Waals surface area contributed by atoms with Crippen LogP contribution in [0.1, 0.15) is 42.0 Å². The van der Waals surface area contributed by atoms with Crippen LogP contribution in [0.3, 0.4) is 0 Å². The van der Waals surface area contributed by atoms with Crippen LogP contribution < -0.4 is 10.3 Å². The fraction of sp³-hybridized carbons (Fsp3) is 0.312. The van der Waals surface area contributed by atoms with Gasteiger partial charge in [-0.2, -0.15) is 0 Å². The highest BCUT2D eigenvalue weighted by atomic mass is 32.2. The lowest BCUT2D eigenvalue weighted by molar-refractivity contribution is -0.721. The van der Waals surface area contributed by atoms with Crippen molar-refractivity contribution in [2.45, 2.75) is 49.1 Å². The zero-order valence-corrected chi connectivity index (χ0v) is 24.2. The molecule has 0 radical (unpaired) electrons. The largest absolute Gasteiger partial charge is 0.744 e. The first-order valence-electron chi connectivity index (χ1n) is 13.6. The van der Waals surface area contributed by atoms with Crippen molar-refractivity contribution >= 4 is 16.0 Å². The van der Waals surface area contributed by atoms with Crippen LogP contribution in [-0.4, -0.2) is 37.2 Å².